The molecule has 1 aliphatic rings. The number of nitrogens with one attached hydrogen (secondary N) is 1. The van der Waals surface area contributed by atoms with Crippen molar-refractivity contribution in [2.45, 2.75) is 59.9 Å². The average Bonchev–Trinajstić information content (AvgIpc) is 2.98. The van der Waals surface area contributed by atoms with Crippen LogP contribution >= 0.6 is 0 Å². The summed E-state index contributed by atoms with van der Waals surface area (Å²) in [7, 11) is 0. The number of allylic oxidation sites excluding steroid dienone is 5. The Morgan fingerprint density at radius 2 is 1.71 bits per heavy atom. The second-order valence-electron chi connectivity index (χ2n) is 7.55. The quantitative estimate of drug-likeness (QED) is 0.514. The van der Waals surface area contributed by atoms with Crippen LogP contribution in [0.15, 0.2) is 41.0 Å². The molecule has 0 fully saturated rings. The van der Waals surface area contributed by atoms with E-state index in [1.54, 1.807) is 0 Å². The van der Waals surface area contributed by atoms with E-state index < -0.39 is 0 Å². The smallest absolute Gasteiger partial charge is 0.252 e. The van der Waals surface area contributed by atoms with Crippen molar-refractivity contribution >= 4 is 5.91 Å². The van der Waals surface area contributed by atoms with Gasteiger partial charge in [0.25, 0.3) is 5.91 Å². The van der Waals surface area contributed by atoms with Gasteiger partial charge < -0.3 is 20.3 Å². The Morgan fingerprint density at radius 3 is 2.39 bits per heavy atom. The summed E-state index contributed by atoms with van der Waals surface area (Å²) < 4.78 is 5.56. The van der Waals surface area contributed by atoms with E-state index in [0.717, 1.165) is 25.7 Å². The van der Waals surface area contributed by atoms with Gasteiger partial charge in [0.2, 0.25) is 5.75 Å². The molecule has 0 aliphatic carbocycles. The molecule has 0 atom stereocenters. The summed E-state index contributed by atoms with van der Waals surface area (Å²) in [5.41, 5.74) is 4.70. The Bertz CT molecular complexity index is 814. The largest absolute Gasteiger partial charge is 0.504 e. The zero-order valence-electron chi connectivity index (χ0n) is 17.3. The first kappa shape index (κ1) is 21.6. The molecule has 0 saturated carbocycles. The second-order valence-corrected chi connectivity index (χ2v) is 7.55. The van der Waals surface area contributed by atoms with Crippen molar-refractivity contribution in [1.29, 1.82) is 0 Å². The minimum absolute atomic E-state index is 0.0225. The van der Waals surface area contributed by atoms with Crippen molar-refractivity contribution in [2.75, 3.05) is 6.61 Å². The van der Waals surface area contributed by atoms with Crippen molar-refractivity contribution in [2.24, 2.45) is 0 Å². The average molecular weight is 386 g/mol. The third kappa shape index (κ3) is 5.91. The van der Waals surface area contributed by atoms with Gasteiger partial charge in [-0.2, -0.15) is 0 Å². The van der Waals surface area contributed by atoms with E-state index >= 15 is 0 Å². The SMILES string of the molecule is CC(C)=CCC/C(C)=C/CC/C(C)=C/COc1c(O)cc2c(c1O)CNC2=O. The monoisotopic (exact) mass is 385 g/mol. The number of hydrogen-bond donors (Lipinski definition) is 3. The summed E-state index contributed by atoms with van der Waals surface area (Å²) in [6.45, 7) is 8.93. The van der Waals surface area contributed by atoms with Crippen molar-refractivity contribution in [3.63, 3.8) is 0 Å². The van der Waals surface area contributed by atoms with Gasteiger partial charge in [-0.25, -0.2) is 0 Å². The van der Waals surface area contributed by atoms with E-state index in [2.05, 4.69) is 38.2 Å². The number of carbonyl (C=O) groups excluding carboxylic acids is 1. The van der Waals surface area contributed by atoms with Crippen molar-refractivity contribution in [1.82, 2.24) is 5.32 Å². The van der Waals surface area contributed by atoms with Gasteiger partial charge in [-0.15, -0.1) is 0 Å². The number of fused-ring (bicyclic) bond motifs is 1. The summed E-state index contributed by atoms with van der Waals surface area (Å²) in [6, 6.07) is 1.34. The highest BCUT2D eigenvalue weighted by atomic mass is 16.5. The second kappa shape index (κ2) is 10.0. The van der Waals surface area contributed by atoms with Crippen molar-refractivity contribution < 1.29 is 19.7 Å². The predicted octanol–water partition coefficient (Wildman–Crippen LogP) is 5.14. The van der Waals surface area contributed by atoms with Crippen LogP contribution in [-0.2, 0) is 6.54 Å². The van der Waals surface area contributed by atoms with E-state index in [-0.39, 0.29) is 36.3 Å². The van der Waals surface area contributed by atoms with E-state index in [0.29, 0.717) is 11.1 Å². The number of phenolic OH excluding ortho intramolecular Hbond substituents is 2. The highest BCUT2D eigenvalue weighted by Gasteiger charge is 2.27. The topological polar surface area (TPSA) is 78.8 Å². The fourth-order valence-electron chi connectivity index (χ4n) is 3.07. The van der Waals surface area contributed by atoms with Crippen molar-refractivity contribution in [3.8, 4) is 17.2 Å². The summed E-state index contributed by atoms with van der Waals surface area (Å²) >= 11 is 0. The number of benzene rings is 1. The van der Waals surface area contributed by atoms with E-state index in [1.165, 1.54) is 22.8 Å². The molecule has 0 aromatic heterocycles. The fraction of sp³-hybridized carbons (Fsp3) is 0.435. The third-order valence-corrected chi connectivity index (χ3v) is 4.79. The lowest BCUT2D eigenvalue weighted by Gasteiger charge is -2.11. The zero-order valence-corrected chi connectivity index (χ0v) is 17.3. The van der Waals surface area contributed by atoms with Gasteiger partial charge in [0.05, 0.1) is 5.56 Å². The molecule has 5 nitrogen and oxygen atoms in total. The molecule has 152 valence electrons. The van der Waals surface area contributed by atoms with Gasteiger partial charge in [-0.3, -0.25) is 4.79 Å². The van der Waals surface area contributed by atoms with Crippen LogP contribution in [0, 0.1) is 0 Å². The third-order valence-electron chi connectivity index (χ3n) is 4.79. The van der Waals surface area contributed by atoms with Gasteiger partial charge >= 0.3 is 0 Å². The van der Waals surface area contributed by atoms with Gasteiger partial charge in [0, 0.05) is 12.1 Å². The Kier molecular flexibility index (Phi) is 7.73. The van der Waals surface area contributed by atoms with Crippen LogP contribution in [0.3, 0.4) is 0 Å². The molecule has 0 spiro atoms. The molecule has 0 bridgehead atoms. The minimum atomic E-state index is -0.299. The fourth-order valence-corrected chi connectivity index (χ4v) is 3.07. The summed E-state index contributed by atoms with van der Waals surface area (Å²) in [5, 5.41) is 22.9. The van der Waals surface area contributed by atoms with Gasteiger partial charge in [-0.05, 0) is 65.5 Å². The van der Waals surface area contributed by atoms with Crippen LogP contribution in [0.5, 0.6) is 17.2 Å². The first-order valence-electron chi connectivity index (χ1n) is 9.73. The molecular formula is C23H31NO4. The lowest BCUT2D eigenvalue weighted by atomic mass is 10.1. The zero-order chi connectivity index (χ0) is 20.7. The number of aromatic hydroxyl groups is 2. The number of amides is 1. The number of rotatable bonds is 9. The lowest BCUT2D eigenvalue weighted by Crippen LogP contribution is -2.12. The number of ether oxygens (including phenoxy) is 1. The molecule has 3 N–H and O–H groups in total. The molecule has 2 rings (SSSR count). The Balaban J connectivity index is 1.85. The highest BCUT2D eigenvalue weighted by Crippen LogP contribution is 2.42. The number of phenols is 2. The molecule has 1 aromatic rings. The normalized spacial score (nSPS) is 13.9. The summed E-state index contributed by atoms with van der Waals surface area (Å²) in [4.78, 5) is 11.6. The van der Waals surface area contributed by atoms with E-state index in [4.69, 9.17) is 4.74 Å². The predicted molar refractivity (Wildman–Crippen MR) is 112 cm³/mol. The maximum atomic E-state index is 11.6. The van der Waals surface area contributed by atoms with Gasteiger partial charge in [0.1, 0.15) is 6.61 Å². The van der Waals surface area contributed by atoms with Crippen LogP contribution in [0.25, 0.3) is 0 Å². The van der Waals surface area contributed by atoms with Gasteiger partial charge in [0.15, 0.2) is 11.5 Å². The Hall–Kier alpha value is -2.69. The van der Waals surface area contributed by atoms with E-state index in [1.807, 2.05) is 13.0 Å². The van der Waals surface area contributed by atoms with Crippen LogP contribution in [0.1, 0.15) is 69.3 Å². The maximum Gasteiger partial charge on any atom is 0.252 e. The van der Waals surface area contributed by atoms with Crippen LogP contribution in [0.2, 0.25) is 0 Å². The molecule has 0 saturated heterocycles. The number of hydrogen-bond acceptors (Lipinski definition) is 4. The first-order chi connectivity index (χ1) is 13.3. The molecular weight excluding hydrogens is 354 g/mol. The Morgan fingerprint density at radius 1 is 1.07 bits per heavy atom. The van der Waals surface area contributed by atoms with Crippen molar-refractivity contribution in [3.05, 3.63) is 52.1 Å². The standard InChI is InChI=1S/C23H31NO4/c1-15(2)7-5-8-16(3)9-6-10-17(4)11-12-28-22-20(25)13-18-19(21(22)26)14-24-23(18)27/h7,9,11,13,25-26H,5-6,8,10,12,14H2,1-4H3,(H,24,27)/b16-9+,17-11+. The Labute approximate surface area is 167 Å². The van der Waals surface area contributed by atoms with Crippen LogP contribution < -0.4 is 10.1 Å². The lowest BCUT2D eigenvalue weighted by molar-refractivity contribution is 0.0965. The summed E-state index contributed by atoms with van der Waals surface area (Å²) in [6.07, 6.45) is 10.6. The van der Waals surface area contributed by atoms with Crippen LogP contribution in [-0.4, -0.2) is 22.7 Å². The molecule has 28 heavy (non-hydrogen) atoms. The maximum absolute atomic E-state index is 11.6. The molecule has 0 unspecified atom stereocenters. The molecule has 1 aromatic carbocycles. The molecule has 1 amide bonds. The number of carbonyl (C=O) groups is 1. The highest BCUT2D eigenvalue weighted by molar-refractivity contribution is 6.00. The summed E-state index contributed by atoms with van der Waals surface area (Å²) in [5.74, 6) is -0.676. The van der Waals surface area contributed by atoms with Gasteiger partial charge in [-0.1, -0.05) is 28.9 Å². The van der Waals surface area contributed by atoms with E-state index in [9.17, 15) is 15.0 Å². The van der Waals surface area contributed by atoms with Crippen LogP contribution in [0.4, 0.5) is 0 Å². The first-order valence-corrected chi connectivity index (χ1v) is 9.73. The minimum Gasteiger partial charge on any atom is -0.504 e. The molecule has 1 heterocycles. The molecule has 0 radical (unpaired) electrons. The molecule has 5 heteroatoms. The molecule has 1 aliphatic heterocycles.